The topological polar surface area (TPSA) is 125 Å². The van der Waals surface area contributed by atoms with Gasteiger partial charge in [0.15, 0.2) is 5.82 Å². The number of benzene rings is 2. The number of aromatic amines is 1. The number of rotatable bonds is 13. The molecule has 10 heteroatoms. The minimum absolute atomic E-state index is 0.0237. The van der Waals surface area contributed by atoms with E-state index in [2.05, 4.69) is 32.7 Å². The summed E-state index contributed by atoms with van der Waals surface area (Å²) in [6, 6.07) is 13.6. The van der Waals surface area contributed by atoms with Crippen molar-refractivity contribution in [2.45, 2.75) is 69.9 Å². The van der Waals surface area contributed by atoms with E-state index in [9.17, 15) is 4.79 Å². The van der Waals surface area contributed by atoms with Crippen molar-refractivity contribution < 1.29 is 4.39 Å². The monoisotopic (exact) mass is 603 g/mol. The second kappa shape index (κ2) is 12.2. The van der Waals surface area contributed by atoms with Gasteiger partial charge in [0.2, 0.25) is 0 Å². The first-order chi connectivity index (χ1) is 20.7. The third-order valence-electron chi connectivity index (χ3n) is 8.77. The molecule has 6 rings (SSSR count). The van der Waals surface area contributed by atoms with Crippen LogP contribution >= 0.6 is 11.6 Å². The molecule has 2 aliphatic carbocycles. The Bertz CT molecular complexity index is 1690. The summed E-state index contributed by atoms with van der Waals surface area (Å²) in [7, 11) is 0. The van der Waals surface area contributed by atoms with Gasteiger partial charge < -0.3 is 21.4 Å². The van der Waals surface area contributed by atoms with Crippen molar-refractivity contribution in [2.24, 2.45) is 11.7 Å². The molecule has 2 aromatic heterocycles. The highest BCUT2D eigenvalue weighted by Crippen LogP contribution is 2.45. The van der Waals surface area contributed by atoms with E-state index < -0.39 is 11.5 Å². The summed E-state index contributed by atoms with van der Waals surface area (Å²) in [4.78, 5) is 20.4. The van der Waals surface area contributed by atoms with E-state index in [-0.39, 0.29) is 16.6 Å². The van der Waals surface area contributed by atoms with Gasteiger partial charge in [0.25, 0.3) is 0 Å². The van der Waals surface area contributed by atoms with E-state index in [0.29, 0.717) is 39.7 Å². The van der Waals surface area contributed by atoms with Crippen LogP contribution in [0.5, 0.6) is 0 Å². The van der Waals surface area contributed by atoms with Crippen molar-refractivity contribution in [3.8, 4) is 16.9 Å². The second-order valence-electron chi connectivity index (χ2n) is 12.2. The Kier molecular flexibility index (Phi) is 8.40. The molecule has 0 aliphatic heterocycles. The minimum atomic E-state index is -0.499. The summed E-state index contributed by atoms with van der Waals surface area (Å²) in [6.07, 6.45) is 9.90. The molecule has 8 nitrogen and oxygen atoms in total. The number of nitrogens with one attached hydrogen (secondary N) is 4. The molecule has 6 N–H and O–H groups in total. The fourth-order valence-corrected chi connectivity index (χ4v) is 6.18. The quantitative estimate of drug-likeness (QED) is 0.0752. The van der Waals surface area contributed by atoms with E-state index in [1.807, 2.05) is 24.3 Å². The smallest absolute Gasteiger partial charge is 0.354 e. The summed E-state index contributed by atoms with van der Waals surface area (Å²) >= 11 is 6.30. The Labute approximate surface area is 255 Å². The molecule has 226 valence electrons. The van der Waals surface area contributed by atoms with Crippen molar-refractivity contribution in [3.05, 3.63) is 81.1 Å². The molecule has 0 radical (unpaired) electrons. The molecule has 1 atom stereocenters. The molecule has 0 spiro atoms. The predicted octanol–water partition coefficient (Wildman–Crippen LogP) is 5.79. The maximum absolute atomic E-state index is 15.2. The number of nitrogens with two attached hydrogens (primary N) is 1. The molecule has 2 heterocycles. The SMILES string of the molecule is CC(=N)NCCCNC1(c2ccc(-n3cc4cc(-c5cc(CCC[C@@H](N)C6CC6)cc(Cl)c5F)[nH]c4nc3=O)cc2)CC1. The van der Waals surface area contributed by atoms with E-state index in [4.69, 9.17) is 22.7 Å². The van der Waals surface area contributed by atoms with E-state index in [0.717, 1.165) is 57.2 Å². The van der Waals surface area contributed by atoms with Gasteiger partial charge in [-0.1, -0.05) is 23.7 Å². The normalized spacial score (nSPS) is 16.4. The lowest BCUT2D eigenvalue weighted by Gasteiger charge is -2.19. The number of H-pyrrole nitrogens is 1. The zero-order valence-corrected chi connectivity index (χ0v) is 25.2. The number of amidine groups is 1. The Morgan fingerprint density at radius 3 is 2.67 bits per heavy atom. The lowest BCUT2D eigenvalue weighted by atomic mass is 10.00. The molecular formula is C33H39ClFN7O. The standard InChI is InChI=1S/C33H39ClFN7O/c1-20(36)38-14-3-15-39-33(12-13-33)24-8-10-25(11-9-24)42-19-23-18-29(40-31(23)41-32(42)43)26-16-21(17-27(34)30(26)35)4-2-5-28(37)22-6-7-22/h8-11,16-19,22,28,39H,2-7,12-15,37H2,1H3,(H2,36,38)(H,40,41,43)/t28-/m1/s1. The average molecular weight is 604 g/mol. The molecule has 2 aromatic carbocycles. The fourth-order valence-electron chi connectivity index (χ4n) is 5.94. The van der Waals surface area contributed by atoms with Gasteiger partial charge in [-0.25, -0.2) is 9.18 Å². The van der Waals surface area contributed by atoms with Crippen LogP contribution in [-0.2, 0) is 12.0 Å². The number of fused-ring (bicyclic) bond motifs is 1. The van der Waals surface area contributed by atoms with Crippen molar-refractivity contribution in [3.63, 3.8) is 0 Å². The van der Waals surface area contributed by atoms with Crippen LogP contribution in [-0.4, -0.2) is 39.5 Å². The Balaban J connectivity index is 1.18. The van der Waals surface area contributed by atoms with Crippen LogP contribution in [0.4, 0.5) is 4.39 Å². The maximum atomic E-state index is 15.2. The van der Waals surface area contributed by atoms with Crippen LogP contribution in [0, 0.1) is 17.1 Å². The third-order valence-corrected chi connectivity index (χ3v) is 9.05. The predicted molar refractivity (Wildman–Crippen MR) is 171 cm³/mol. The summed E-state index contributed by atoms with van der Waals surface area (Å²) < 4.78 is 16.7. The van der Waals surface area contributed by atoms with Gasteiger partial charge in [-0.2, -0.15) is 4.98 Å². The average Bonchev–Trinajstić information content (AvgIpc) is 3.92. The summed E-state index contributed by atoms with van der Waals surface area (Å²) in [5.41, 5.74) is 9.97. The number of hydrogen-bond acceptors (Lipinski definition) is 5. The van der Waals surface area contributed by atoms with Crippen LogP contribution in [0.1, 0.15) is 63.0 Å². The highest BCUT2D eigenvalue weighted by Gasteiger charge is 2.43. The van der Waals surface area contributed by atoms with Crippen molar-refractivity contribution in [1.29, 1.82) is 5.41 Å². The highest BCUT2D eigenvalue weighted by molar-refractivity contribution is 6.31. The van der Waals surface area contributed by atoms with Gasteiger partial charge in [0, 0.05) is 35.3 Å². The van der Waals surface area contributed by atoms with Crippen LogP contribution in [0.25, 0.3) is 28.0 Å². The van der Waals surface area contributed by atoms with Crippen molar-refractivity contribution >= 4 is 28.5 Å². The maximum Gasteiger partial charge on any atom is 0.354 e. The van der Waals surface area contributed by atoms with Crippen molar-refractivity contribution in [2.75, 3.05) is 13.1 Å². The number of aryl methyl sites for hydroxylation is 1. The molecule has 2 aliphatic rings. The van der Waals surface area contributed by atoms with Gasteiger partial charge >= 0.3 is 5.69 Å². The number of aromatic nitrogens is 3. The van der Waals surface area contributed by atoms with Crippen LogP contribution in [0.15, 0.2) is 53.5 Å². The Morgan fingerprint density at radius 1 is 1.21 bits per heavy atom. The number of halogens is 2. The minimum Gasteiger partial charge on any atom is -0.374 e. The van der Waals surface area contributed by atoms with Crippen LogP contribution in [0.2, 0.25) is 5.02 Å². The van der Waals surface area contributed by atoms with Gasteiger partial charge in [-0.05, 0) is 112 Å². The van der Waals surface area contributed by atoms with Crippen LogP contribution < -0.4 is 22.1 Å². The van der Waals surface area contributed by atoms with E-state index in [1.54, 1.807) is 19.2 Å². The molecule has 4 aromatic rings. The first-order valence-electron chi connectivity index (χ1n) is 15.2. The molecule has 0 amide bonds. The molecule has 0 bridgehead atoms. The molecular weight excluding hydrogens is 565 g/mol. The zero-order valence-electron chi connectivity index (χ0n) is 24.5. The van der Waals surface area contributed by atoms with Crippen LogP contribution in [0.3, 0.4) is 0 Å². The first kappa shape index (κ1) is 29.5. The lowest BCUT2D eigenvalue weighted by molar-refractivity contribution is 0.507. The number of hydrogen-bond donors (Lipinski definition) is 5. The Hall–Kier alpha value is -3.53. The summed E-state index contributed by atoms with van der Waals surface area (Å²) in [5.74, 6) is 0.643. The fraction of sp³-hybridized carbons (Fsp3) is 0.424. The molecule has 2 saturated carbocycles. The summed E-state index contributed by atoms with van der Waals surface area (Å²) in [6.45, 7) is 3.38. The second-order valence-corrected chi connectivity index (χ2v) is 12.6. The molecule has 2 fully saturated rings. The van der Waals surface area contributed by atoms with Gasteiger partial charge in [0.05, 0.1) is 22.2 Å². The Morgan fingerprint density at radius 2 is 1.98 bits per heavy atom. The van der Waals surface area contributed by atoms with E-state index in [1.165, 1.54) is 23.0 Å². The van der Waals surface area contributed by atoms with Crippen molar-refractivity contribution in [1.82, 2.24) is 25.2 Å². The molecule has 0 unspecified atom stereocenters. The van der Waals surface area contributed by atoms with E-state index >= 15 is 4.39 Å². The first-order valence-corrected chi connectivity index (χ1v) is 15.6. The van der Waals surface area contributed by atoms with Gasteiger partial charge in [0.1, 0.15) is 5.65 Å². The largest absolute Gasteiger partial charge is 0.374 e. The lowest BCUT2D eigenvalue weighted by Crippen LogP contribution is -2.32. The third kappa shape index (κ3) is 6.69. The number of nitrogens with zero attached hydrogens (tertiary/aromatic N) is 2. The van der Waals surface area contributed by atoms with Gasteiger partial charge in [-0.3, -0.25) is 9.98 Å². The zero-order chi connectivity index (χ0) is 30.1. The molecule has 0 saturated heterocycles. The molecule has 43 heavy (non-hydrogen) atoms. The highest BCUT2D eigenvalue weighted by atomic mass is 35.5. The summed E-state index contributed by atoms with van der Waals surface area (Å²) in [5, 5.41) is 15.0. The van der Waals surface area contributed by atoms with Gasteiger partial charge in [-0.15, -0.1) is 0 Å².